The molecule has 1 N–H and O–H groups in total. The minimum atomic E-state index is -0.893. The Morgan fingerprint density at radius 3 is 2.84 bits per heavy atom. The van der Waals surface area contributed by atoms with Crippen LogP contribution in [0.15, 0.2) is 29.6 Å². The van der Waals surface area contributed by atoms with Crippen LogP contribution < -0.4 is 4.90 Å². The van der Waals surface area contributed by atoms with Crippen LogP contribution in [0.1, 0.15) is 15.9 Å². The third-order valence-corrected chi connectivity index (χ3v) is 4.03. The van der Waals surface area contributed by atoms with Gasteiger partial charge in [0.25, 0.3) is 0 Å². The average Bonchev–Trinajstić information content (AvgIpc) is 2.83. The van der Waals surface area contributed by atoms with E-state index in [1.54, 1.807) is 17.5 Å². The van der Waals surface area contributed by atoms with Crippen LogP contribution in [0.2, 0.25) is 5.15 Å². The molecule has 0 radical (unpaired) electrons. The molecular weight excluding hydrogens is 284 g/mol. The Kier molecular flexibility index (Phi) is 4.39. The third kappa shape index (κ3) is 3.45. The minimum Gasteiger partial charge on any atom is -0.478 e. The number of aromatic carboxylic acids is 1. The largest absolute Gasteiger partial charge is 0.478 e. The van der Waals surface area contributed by atoms with Crippen LogP contribution in [0.25, 0.3) is 0 Å². The number of likely N-dealkylation sites (N-methyl/N-ethyl adjacent to an activating group) is 1. The van der Waals surface area contributed by atoms with Crippen molar-refractivity contribution in [2.75, 3.05) is 18.5 Å². The van der Waals surface area contributed by atoms with Crippen LogP contribution in [-0.4, -0.2) is 29.7 Å². The Labute approximate surface area is 120 Å². The van der Waals surface area contributed by atoms with Gasteiger partial charge in [-0.2, -0.15) is 0 Å². The molecule has 4 nitrogen and oxygen atoms in total. The molecule has 0 unspecified atom stereocenters. The van der Waals surface area contributed by atoms with Crippen LogP contribution in [0.3, 0.4) is 0 Å². The first-order chi connectivity index (χ1) is 9.08. The summed E-state index contributed by atoms with van der Waals surface area (Å²) in [6.45, 7) is 0.689. The lowest BCUT2D eigenvalue weighted by molar-refractivity contribution is 0.0695. The maximum atomic E-state index is 11.1. The molecule has 0 aliphatic rings. The number of carbonyl (C=O) groups is 1. The first kappa shape index (κ1) is 13.8. The van der Waals surface area contributed by atoms with E-state index in [9.17, 15) is 4.79 Å². The molecule has 0 aliphatic carbocycles. The van der Waals surface area contributed by atoms with Gasteiger partial charge < -0.3 is 10.0 Å². The lowest BCUT2D eigenvalue weighted by Gasteiger charge is -2.16. The van der Waals surface area contributed by atoms with Gasteiger partial charge in [-0.15, -0.1) is 11.3 Å². The van der Waals surface area contributed by atoms with Crippen LogP contribution in [0.4, 0.5) is 5.13 Å². The van der Waals surface area contributed by atoms with Gasteiger partial charge in [-0.3, -0.25) is 0 Å². The molecule has 0 amide bonds. The molecule has 0 fully saturated rings. The minimum absolute atomic E-state index is 0.355. The lowest BCUT2D eigenvalue weighted by atomic mass is 10.0. The van der Waals surface area contributed by atoms with Crippen molar-refractivity contribution >= 4 is 34.0 Å². The molecule has 0 spiro atoms. The number of hydrogen-bond acceptors (Lipinski definition) is 4. The Balaban J connectivity index is 2.05. The van der Waals surface area contributed by atoms with Gasteiger partial charge in [-0.05, 0) is 18.1 Å². The normalized spacial score (nSPS) is 10.4. The average molecular weight is 297 g/mol. The van der Waals surface area contributed by atoms with E-state index in [0.717, 1.165) is 10.7 Å². The molecule has 0 atom stereocenters. The van der Waals surface area contributed by atoms with Gasteiger partial charge in [0.05, 0.1) is 5.56 Å². The number of carboxylic acids is 1. The van der Waals surface area contributed by atoms with Gasteiger partial charge in [0, 0.05) is 19.0 Å². The first-order valence-electron chi connectivity index (χ1n) is 5.71. The second-order valence-corrected chi connectivity index (χ2v) is 5.31. The molecule has 0 bridgehead atoms. The van der Waals surface area contributed by atoms with Crippen molar-refractivity contribution < 1.29 is 9.90 Å². The van der Waals surface area contributed by atoms with Gasteiger partial charge >= 0.3 is 5.97 Å². The van der Waals surface area contributed by atoms with E-state index in [4.69, 9.17) is 16.7 Å². The summed E-state index contributed by atoms with van der Waals surface area (Å²) in [5.41, 5.74) is 1.18. The highest BCUT2D eigenvalue weighted by atomic mass is 35.5. The van der Waals surface area contributed by atoms with Crippen LogP contribution >= 0.6 is 22.9 Å². The maximum Gasteiger partial charge on any atom is 0.335 e. The van der Waals surface area contributed by atoms with E-state index in [1.165, 1.54) is 11.3 Å². The summed E-state index contributed by atoms with van der Waals surface area (Å²) in [7, 11) is 1.92. The standard InChI is InChI=1S/C13H13ClN2O2S/c1-16(13-15-11(14)8-19-13)7-6-9-4-2-3-5-10(9)12(17)18/h2-5,8H,6-7H2,1H3,(H,17,18). The number of anilines is 1. The summed E-state index contributed by atoms with van der Waals surface area (Å²) >= 11 is 7.25. The maximum absolute atomic E-state index is 11.1. The van der Waals surface area contributed by atoms with E-state index < -0.39 is 5.97 Å². The highest BCUT2D eigenvalue weighted by Crippen LogP contribution is 2.22. The van der Waals surface area contributed by atoms with Gasteiger partial charge in [-0.1, -0.05) is 29.8 Å². The summed E-state index contributed by atoms with van der Waals surface area (Å²) in [5.74, 6) is -0.893. The fourth-order valence-electron chi connectivity index (χ4n) is 1.75. The Morgan fingerprint density at radius 1 is 1.47 bits per heavy atom. The van der Waals surface area contributed by atoms with Crippen LogP contribution in [-0.2, 0) is 6.42 Å². The zero-order valence-corrected chi connectivity index (χ0v) is 11.9. The molecule has 1 aromatic carbocycles. The number of hydrogen-bond donors (Lipinski definition) is 1. The summed E-state index contributed by atoms with van der Waals surface area (Å²) in [6.07, 6.45) is 0.649. The third-order valence-electron chi connectivity index (χ3n) is 2.75. The zero-order valence-electron chi connectivity index (χ0n) is 10.3. The summed E-state index contributed by atoms with van der Waals surface area (Å²) in [5, 5.41) is 12.2. The number of halogens is 1. The molecule has 0 saturated carbocycles. The van der Waals surface area contributed by atoms with Crippen molar-refractivity contribution in [2.45, 2.75) is 6.42 Å². The summed E-state index contributed by atoms with van der Waals surface area (Å²) in [4.78, 5) is 17.2. The Hall–Kier alpha value is -1.59. The second-order valence-electron chi connectivity index (χ2n) is 4.09. The number of rotatable bonds is 5. The van der Waals surface area contributed by atoms with Crippen molar-refractivity contribution in [3.05, 3.63) is 45.9 Å². The van der Waals surface area contributed by atoms with Gasteiger partial charge in [-0.25, -0.2) is 9.78 Å². The van der Waals surface area contributed by atoms with Crippen molar-refractivity contribution in [3.8, 4) is 0 Å². The lowest BCUT2D eigenvalue weighted by Crippen LogP contribution is -2.20. The molecule has 0 aliphatic heterocycles. The van der Waals surface area contributed by atoms with E-state index >= 15 is 0 Å². The Morgan fingerprint density at radius 2 is 2.21 bits per heavy atom. The van der Waals surface area contributed by atoms with Crippen molar-refractivity contribution in [1.29, 1.82) is 0 Å². The second kappa shape index (κ2) is 6.04. The molecule has 2 aromatic rings. The number of carboxylic acid groups (broad SMARTS) is 1. The van der Waals surface area contributed by atoms with Gasteiger partial charge in [0.1, 0.15) is 5.15 Å². The summed E-state index contributed by atoms with van der Waals surface area (Å²) in [6, 6.07) is 7.04. The highest BCUT2D eigenvalue weighted by molar-refractivity contribution is 7.14. The highest BCUT2D eigenvalue weighted by Gasteiger charge is 2.11. The molecule has 6 heteroatoms. The number of nitrogens with zero attached hydrogens (tertiary/aromatic N) is 2. The number of thiazole rings is 1. The van der Waals surface area contributed by atoms with Crippen molar-refractivity contribution in [1.82, 2.24) is 4.98 Å². The number of benzene rings is 1. The van der Waals surface area contributed by atoms with E-state index in [-0.39, 0.29) is 0 Å². The molecule has 0 saturated heterocycles. The fraction of sp³-hybridized carbons (Fsp3) is 0.231. The fourth-order valence-corrected chi connectivity index (χ4v) is 2.69. The monoisotopic (exact) mass is 296 g/mol. The van der Waals surface area contributed by atoms with Crippen LogP contribution in [0.5, 0.6) is 0 Å². The zero-order chi connectivity index (χ0) is 13.8. The smallest absolute Gasteiger partial charge is 0.335 e. The number of aromatic nitrogens is 1. The predicted molar refractivity (Wildman–Crippen MR) is 77.5 cm³/mol. The Bertz CT molecular complexity index is 586. The first-order valence-corrected chi connectivity index (χ1v) is 6.97. The molecule has 2 rings (SSSR count). The van der Waals surface area contributed by atoms with Gasteiger partial charge in [0.2, 0.25) is 0 Å². The SMILES string of the molecule is CN(CCc1ccccc1C(=O)O)c1nc(Cl)cs1. The van der Waals surface area contributed by atoms with E-state index in [1.807, 2.05) is 24.1 Å². The molecule has 100 valence electrons. The van der Waals surface area contributed by atoms with Crippen molar-refractivity contribution in [2.24, 2.45) is 0 Å². The van der Waals surface area contributed by atoms with Crippen molar-refractivity contribution in [3.63, 3.8) is 0 Å². The van der Waals surface area contributed by atoms with Crippen LogP contribution in [0, 0.1) is 0 Å². The van der Waals surface area contributed by atoms with E-state index in [2.05, 4.69) is 4.98 Å². The summed E-state index contributed by atoms with van der Waals surface area (Å²) < 4.78 is 0. The topological polar surface area (TPSA) is 53.4 Å². The van der Waals surface area contributed by atoms with E-state index in [0.29, 0.717) is 23.7 Å². The quantitative estimate of drug-likeness (QED) is 0.921. The predicted octanol–water partition coefficient (Wildman–Crippen LogP) is 3.17. The molecular formula is C13H13ClN2O2S. The van der Waals surface area contributed by atoms with Gasteiger partial charge in [0.15, 0.2) is 5.13 Å². The molecule has 1 aromatic heterocycles. The molecule has 19 heavy (non-hydrogen) atoms. The molecule has 1 heterocycles.